The number of nitrogens with zero attached hydrogens (tertiary/aromatic N) is 2. The molecule has 0 N–H and O–H groups in total. The molecule has 1 unspecified atom stereocenters. The molecule has 3 rings (SSSR count). The number of rotatable bonds is 2. The molecule has 1 aromatic carbocycles. The van der Waals surface area contributed by atoms with Crippen molar-refractivity contribution < 1.29 is 0 Å². The Balaban J connectivity index is 1.67. The van der Waals surface area contributed by atoms with Gasteiger partial charge in [-0.1, -0.05) is 18.2 Å². The normalized spacial score (nSPS) is 23.6. The summed E-state index contributed by atoms with van der Waals surface area (Å²) in [5, 5.41) is 9.03. The van der Waals surface area contributed by atoms with E-state index in [1.165, 1.54) is 31.2 Å². The predicted molar refractivity (Wildman–Crippen MR) is 72.1 cm³/mol. The quantitative estimate of drug-likeness (QED) is 0.794. The summed E-state index contributed by atoms with van der Waals surface area (Å²) in [5.41, 5.74) is 4.53. The Kier molecular flexibility index (Phi) is 3.34. The van der Waals surface area contributed by atoms with Crippen LogP contribution in [0.3, 0.4) is 0 Å². The molecule has 0 saturated carbocycles. The third-order valence-electron chi connectivity index (χ3n) is 4.26. The predicted octanol–water partition coefficient (Wildman–Crippen LogP) is 2.91. The molecule has 0 amide bonds. The summed E-state index contributed by atoms with van der Waals surface area (Å²) in [6.07, 6.45) is 6.08. The second kappa shape index (κ2) is 5.12. The molecule has 0 bridgehead atoms. The molecule has 0 aromatic heterocycles. The number of piperidine rings is 1. The third-order valence-corrected chi connectivity index (χ3v) is 4.26. The van der Waals surface area contributed by atoms with Crippen molar-refractivity contribution in [1.29, 1.82) is 5.26 Å². The molecule has 1 fully saturated rings. The monoisotopic (exact) mass is 240 g/mol. The van der Waals surface area contributed by atoms with Crippen molar-refractivity contribution in [3.05, 3.63) is 34.9 Å². The van der Waals surface area contributed by atoms with Crippen LogP contribution in [0.15, 0.2) is 18.2 Å². The Hall–Kier alpha value is -1.33. The zero-order valence-corrected chi connectivity index (χ0v) is 10.9. The van der Waals surface area contributed by atoms with E-state index in [0.717, 1.165) is 26.1 Å². The summed E-state index contributed by atoms with van der Waals surface area (Å²) in [5.74, 6) is 0.244. The number of fused-ring (bicyclic) bond motifs is 1. The molecule has 18 heavy (non-hydrogen) atoms. The van der Waals surface area contributed by atoms with Crippen molar-refractivity contribution in [3.8, 4) is 6.07 Å². The first-order chi connectivity index (χ1) is 8.85. The molecule has 1 aliphatic carbocycles. The van der Waals surface area contributed by atoms with Crippen molar-refractivity contribution in [1.82, 2.24) is 4.90 Å². The summed E-state index contributed by atoms with van der Waals surface area (Å²) in [4.78, 5) is 2.44. The first-order valence-electron chi connectivity index (χ1n) is 7.08. The molecule has 1 saturated heterocycles. The van der Waals surface area contributed by atoms with Crippen LogP contribution >= 0.6 is 0 Å². The minimum Gasteiger partial charge on any atom is -0.298 e. The van der Waals surface area contributed by atoms with Gasteiger partial charge in [-0.3, -0.25) is 4.90 Å². The van der Waals surface area contributed by atoms with Crippen LogP contribution in [0.4, 0.5) is 0 Å². The fourth-order valence-corrected chi connectivity index (χ4v) is 3.29. The van der Waals surface area contributed by atoms with Gasteiger partial charge in [0, 0.05) is 13.1 Å². The fourth-order valence-electron chi connectivity index (χ4n) is 3.29. The molecule has 1 aliphatic heterocycles. The van der Waals surface area contributed by atoms with Gasteiger partial charge in [-0.25, -0.2) is 0 Å². The number of hydrogen-bond donors (Lipinski definition) is 0. The van der Waals surface area contributed by atoms with Crippen molar-refractivity contribution >= 4 is 0 Å². The Labute approximate surface area is 109 Å². The maximum absolute atomic E-state index is 9.03. The van der Waals surface area contributed by atoms with Gasteiger partial charge < -0.3 is 0 Å². The van der Waals surface area contributed by atoms with Gasteiger partial charge in [0.1, 0.15) is 0 Å². The summed E-state index contributed by atoms with van der Waals surface area (Å²) >= 11 is 0. The van der Waals surface area contributed by atoms with Crippen LogP contribution in [-0.2, 0) is 19.4 Å². The highest BCUT2D eigenvalue weighted by Gasteiger charge is 2.20. The van der Waals surface area contributed by atoms with Gasteiger partial charge in [0.25, 0.3) is 0 Å². The average molecular weight is 240 g/mol. The lowest BCUT2D eigenvalue weighted by Gasteiger charge is -2.29. The van der Waals surface area contributed by atoms with E-state index in [9.17, 15) is 0 Å². The van der Waals surface area contributed by atoms with Gasteiger partial charge >= 0.3 is 0 Å². The van der Waals surface area contributed by atoms with Gasteiger partial charge in [-0.2, -0.15) is 5.26 Å². The zero-order valence-electron chi connectivity index (χ0n) is 10.9. The minimum absolute atomic E-state index is 0.244. The highest BCUT2D eigenvalue weighted by molar-refractivity contribution is 5.35. The van der Waals surface area contributed by atoms with Crippen molar-refractivity contribution in [3.63, 3.8) is 0 Å². The van der Waals surface area contributed by atoms with Crippen LogP contribution in [0.5, 0.6) is 0 Å². The largest absolute Gasteiger partial charge is 0.298 e. The maximum Gasteiger partial charge on any atom is 0.0669 e. The van der Waals surface area contributed by atoms with Crippen LogP contribution in [0.1, 0.15) is 36.0 Å². The Bertz CT molecular complexity index is 472. The van der Waals surface area contributed by atoms with Gasteiger partial charge in [0.15, 0.2) is 0 Å². The van der Waals surface area contributed by atoms with Crippen molar-refractivity contribution in [2.45, 2.75) is 38.6 Å². The third kappa shape index (κ3) is 2.42. The summed E-state index contributed by atoms with van der Waals surface area (Å²) in [7, 11) is 0. The molecule has 0 radical (unpaired) electrons. The van der Waals surface area contributed by atoms with E-state index in [1.54, 1.807) is 11.1 Å². The lowest BCUT2D eigenvalue weighted by atomic mass is 9.98. The van der Waals surface area contributed by atoms with Gasteiger partial charge in [-0.05, 0) is 55.3 Å². The zero-order chi connectivity index (χ0) is 12.4. The Morgan fingerprint density at radius 3 is 3.00 bits per heavy atom. The standard InChI is InChI=1S/C16H20N2/c17-10-14-3-2-8-18(12-14)11-13-6-7-15-4-1-5-16(15)9-13/h6-7,9,14H,1-5,8,11-12H2. The lowest BCUT2D eigenvalue weighted by molar-refractivity contribution is 0.192. The molecule has 1 aromatic rings. The van der Waals surface area contributed by atoms with Gasteiger partial charge in [-0.15, -0.1) is 0 Å². The summed E-state index contributed by atoms with van der Waals surface area (Å²) in [6, 6.07) is 9.39. The van der Waals surface area contributed by atoms with E-state index in [0.29, 0.717) is 0 Å². The number of nitriles is 1. The number of likely N-dealkylation sites (tertiary alicyclic amines) is 1. The fraction of sp³-hybridized carbons (Fsp3) is 0.562. The molecule has 0 spiro atoms. The van der Waals surface area contributed by atoms with Gasteiger partial charge in [0.05, 0.1) is 12.0 Å². The topological polar surface area (TPSA) is 27.0 Å². The van der Waals surface area contributed by atoms with Crippen LogP contribution in [-0.4, -0.2) is 18.0 Å². The van der Waals surface area contributed by atoms with E-state index in [2.05, 4.69) is 29.2 Å². The molecular formula is C16H20N2. The molecule has 94 valence electrons. The highest BCUT2D eigenvalue weighted by Crippen LogP contribution is 2.24. The molecule has 2 nitrogen and oxygen atoms in total. The molecule has 2 heteroatoms. The van der Waals surface area contributed by atoms with Crippen molar-refractivity contribution in [2.75, 3.05) is 13.1 Å². The van der Waals surface area contributed by atoms with Gasteiger partial charge in [0.2, 0.25) is 0 Å². The second-order valence-corrected chi connectivity index (χ2v) is 5.66. The molecule has 2 aliphatic rings. The average Bonchev–Trinajstić information content (AvgIpc) is 2.86. The molecule has 1 atom stereocenters. The maximum atomic E-state index is 9.03. The van der Waals surface area contributed by atoms with Crippen LogP contribution in [0.2, 0.25) is 0 Å². The van der Waals surface area contributed by atoms with Crippen LogP contribution < -0.4 is 0 Å². The first kappa shape index (κ1) is 11.7. The minimum atomic E-state index is 0.244. The molecule has 1 heterocycles. The SMILES string of the molecule is N#CC1CCCN(Cc2ccc3c(c2)CCC3)C1. The Morgan fingerprint density at radius 2 is 2.11 bits per heavy atom. The molecular weight excluding hydrogens is 220 g/mol. The summed E-state index contributed by atoms with van der Waals surface area (Å²) < 4.78 is 0. The van der Waals surface area contributed by atoms with Crippen LogP contribution in [0.25, 0.3) is 0 Å². The summed E-state index contributed by atoms with van der Waals surface area (Å²) in [6.45, 7) is 3.12. The van der Waals surface area contributed by atoms with E-state index in [1.807, 2.05) is 0 Å². The van der Waals surface area contributed by atoms with E-state index in [4.69, 9.17) is 5.26 Å². The second-order valence-electron chi connectivity index (χ2n) is 5.66. The number of hydrogen-bond acceptors (Lipinski definition) is 2. The first-order valence-corrected chi connectivity index (χ1v) is 7.08. The number of benzene rings is 1. The number of aryl methyl sites for hydroxylation is 2. The van der Waals surface area contributed by atoms with E-state index < -0.39 is 0 Å². The van der Waals surface area contributed by atoms with E-state index >= 15 is 0 Å². The smallest absolute Gasteiger partial charge is 0.0669 e. The van der Waals surface area contributed by atoms with Crippen LogP contribution in [0, 0.1) is 17.2 Å². The highest BCUT2D eigenvalue weighted by atomic mass is 15.1. The van der Waals surface area contributed by atoms with E-state index in [-0.39, 0.29) is 5.92 Å². The Morgan fingerprint density at radius 1 is 1.22 bits per heavy atom. The van der Waals surface area contributed by atoms with Crippen molar-refractivity contribution in [2.24, 2.45) is 5.92 Å². The lowest BCUT2D eigenvalue weighted by Crippen LogP contribution is -2.34.